The van der Waals surface area contributed by atoms with Crippen LogP contribution in [0.4, 0.5) is 11.4 Å². The minimum atomic E-state index is 0.676. The first kappa shape index (κ1) is 10.8. The van der Waals surface area contributed by atoms with Crippen LogP contribution in [0.2, 0.25) is 5.02 Å². The van der Waals surface area contributed by atoms with Gasteiger partial charge in [0.25, 0.3) is 0 Å². The highest BCUT2D eigenvalue weighted by atomic mass is 35.5. The van der Waals surface area contributed by atoms with Gasteiger partial charge >= 0.3 is 0 Å². The zero-order valence-electron chi connectivity index (χ0n) is 8.65. The molecule has 0 bridgehead atoms. The Kier molecular flexibility index (Phi) is 3.27. The Morgan fingerprint density at radius 3 is 2.62 bits per heavy atom. The van der Waals surface area contributed by atoms with Gasteiger partial charge in [-0.15, -0.1) is 0 Å². The van der Waals surface area contributed by atoms with Gasteiger partial charge in [0, 0.05) is 29.6 Å². The first-order chi connectivity index (χ1) is 7.74. The summed E-state index contributed by atoms with van der Waals surface area (Å²) in [6, 6.07) is 9.46. The second kappa shape index (κ2) is 4.86. The van der Waals surface area contributed by atoms with Gasteiger partial charge in [0.15, 0.2) is 0 Å². The van der Waals surface area contributed by atoms with Gasteiger partial charge in [-0.2, -0.15) is 0 Å². The fraction of sp³-hybridized carbons (Fsp3) is 0.0833. The summed E-state index contributed by atoms with van der Waals surface area (Å²) in [6.45, 7) is 0.694. The third-order valence-corrected chi connectivity index (χ3v) is 2.41. The third kappa shape index (κ3) is 2.87. The van der Waals surface area contributed by atoms with E-state index in [2.05, 4.69) is 10.3 Å². The Bertz CT molecular complexity index is 468. The van der Waals surface area contributed by atoms with Gasteiger partial charge in [-0.25, -0.2) is 0 Å². The van der Waals surface area contributed by atoms with Crippen molar-refractivity contribution in [1.82, 2.24) is 4.98 Å². The molecule has 0 aliphatic rings. The van der Waals surface area contributed by atoms with Gasteiger partial charge in [-0.1, -0.05) is 11.6 Å². The van der Waals surface area contributed by atoms with Gasteiger partial charge in [0.05, 0.1) is 5.69 Å². The maximum atomic E-state index is 5.80. The van der Waals surface area contributed by atoms with E-state index in [0.29, 0.717) is 12.2 Å². The quantitative estimate of drug-likeness (QED) is 0.857. The Morgan fingerprint density at radius 1 is 1.19 bits per heavy atom. The van der Waals surface area contributed by atoms with Crippen LogP contribution in [0.25, 0.3) is 0 Å². The number of benzene rings is 1. The zero-order chi connectivity index (χ0) is 11.4. The number of nitrogens with two attached hydrogens (primary N) is 1. The lowest BCUT2D eigenvalue weighted by molar-refractivity contribution is 1.11. The molecule has 0 aliphatic carbocycles. The molecular weight excluding hydrogens is 222 g/mol. The Morgan fingerprint density at radius 2 is 1.94 bits per heavy atom. The van der Waals surface area contributed by atoms with Crippen LogP contribution >= 0.6 is 11.6 Å². The smallest absolute Gasteiger partial charge is 0.0504 e. The van der Waals surface area contributed by atoms with Gasteiger partial charge < -0.3 is 11.1 Å². The number of halogens is 1. The van der Waals surface area contributed by atoms with Crippen LogP contribution in [0, 0.1) is 0 Å². The predicted octanol–water partition coefficient (Wildman–Crippen LogP) is 2.93. The number of aromatic nitrogens is 1. The van der Waals surface area contributed by atoms with Crippen molar-refractivity contribution in [3.63, 3.8) is 0 Å². The van der Waals surface area contributed by atoms with E-state index in [-0.39, 0.29) is 0 Å². The molecule has 0 radical (unpaired) electrons. The van der Waals surface area contributed by atoms with Gasteiger partial charge in [0.1, 0.15) is 0 Å². The molecule has 1 aromatic heterocycles. The third-order valence-electron chi connectivity index (χ3n) is 2.16. The molecule has 0 aliphatic heterocycles. The summed E-state index contributed by atoms with van der Waals surface area (Å²) in [5.41, 5.74) is 8.39. The summed E-state index contributed by atoms with van der Waals surface area (Å²) in [5.74, 6) is 0. The lowest BCUT2D eigenvalue weighted by Crippen LogP contribution is -2.00. The number of nitrogens with zero attached hydrogens (tertiary/aromatic N) is 1. The largest absolute Gasteiger partial charge is 0.397 e. The van der Waals surface area contributed by atoms with Gasteiger partial charge in [0.2, 0.25) is 0 Å². The number of rotatable bonds is 3. The molecule has 0 amide bonds. The van der Waals surface area contributed by atoms with Crippen molar-refractivity contribution in [2.75, 3.05) is 11.1 Å². The molecule has 1 aromatic carbocycles. The summed E-state index contributed by atoms with van der Waals surface area (Å²) in [4.78, 5) is 4.02. The lowest BCUT2D eigenvalue weighted by atomic mass is 10.2. The van der Waals surface area contributed by atoms with Crippen molar-refractivity contribution in [2.45, 2.75) is 6.54 Å². The normalized spacial score (nSPS) is 10.1. The van der Waals surface area contributed by atoms with Crippen molar-refractivity contribution >= 4 is 23.0 Å². The number of nitrogens with one attached hydrogen (secondary N) is 1. The fourth-order valence-corrected chi connectivity index (χ4v) is 1.50. The number of hydrogen-bond acceptors (Lipinski definition) is 3. The van der Waals surface area contributed by atoms with Crippen LogP contribution < -0.4 is 11.1 Å². The highest BCUT2D eigenvalue weighted by Crippen LogP contribution is 2.14. The van der Waals surface area contributed by atoms with Crippen LogP contribution in [-0.4, -0.2) is 4.98 Å². The van der Waals surface area contributed by atoms with Crippen LogP contribution in [0.1, 0.15) is 5.56 Å². The summed E-state index contributed by atoms with van der Waals surface area (Å²) >= 11 is 5.80. The van der Waals surface area contributed by atoms with E-state index in [4.69, 9.17) is 17.3 Å². The zero-order valence-corrected chi connectivity index (χ0v) is 9.41. The van der Waals surface area contributed by atoms with E-state index in [1.54, 1.807) is 12.4 Å². The van der Waals surface area contributed by atoms with E-state index >= 15 is 0 Å². The highest BCUT2D eigenvalue weighted by Gasteiger charge is 1.95. The van der Waals surface area contributed by atoms with Crippen molar-refractivity contribution < 1.29 is 0 Å². The number of anilines is 2. The van der Waals surface area contributed by atoms with Crippen LogP contribution in [0.15, 0.2) is 42.7 Å². The second-order valence-electron chi connectivity index (χ2n) is 3.49. The molecule has 0 saturated heterocycles. The second-order valence-corrected chi connectivity index (χ2v) is 3.92. The molecule has 0 fully saturated rings. The van der Waals surface area contributed by atoms with Crippen LogP contribution in [-0.2, 0) is 6.54 Å². The van der Waals surface area contributed by atoms with Crippen molar-refractivity contribution in [2.24, 2.45) is 0 Å². The van der Waals surface area contributed by atoms with E-state index in [1.165, 1.54) is 0 Å². The molecule has 82 valence electrons. The Labute approximate surface area is 99.3 Å². The molecule has 0 spiro atoms. The maximum absolute atomic E-state index is 5.80. The highest BCUT2D eigenvalue weighted by molar-refractivity contribution is 6.30. The number of hydrogen-bond donors (Lipinski definition) is 2. The van der Waals surface area contributed by atoms with Crippen LogP contribution in [0.3, 0.4) is 0 Å². The van der Waals surface area contributed by atoms with Crippen molar-refractivity contribution in [3.05, 3.63) is 53.3 Å². The first-order valence-corrected chi connectivity index (χ1v) is 5.31. The standard InChI is InChI=1S/C12H12ClN3/c13-10-1-3-12(4-2-10)16-7-9-5-11(14)8-15-6-9/h1-6,8,16H,7,14H2. The molecule has 16 heavy (non-hydrogen) atoms. The number of pyridine rings is 1. The molecule has 4 heteroatoms. The Hall–Kier alpha value is -1.74. The summed E-state index contributed by atoms with van der Waals surface area (Å²) in [5, 5.41) is 3.99. The average Bonchev–Trinajstić information content (AvgIpc) is 2.28. The SMILES string of the molecule is Nc1cncc(CNc2ccc(Cl)cc2)c1. The van der Waals surface area contributed by atoms with Gasteiger partial charge in [-0.05, 0) is 35.9 Å². The first-order valence-electron chi connectivity index (χ1n) is 4.93. The number of nitrogen functional groups attached to an aromatic ring is 1. The van der Waals surface area contributed by atoms with Crippen molar-refractivity contribution in [3.8, 4) is 0 Å². The fourth-order valence-electron chi connectivity index (χ4n) is 1.38. The van der Waals surface area contributed by atoms with Crippen molar-refractivity contribution in [1.29, 1.82) is 0 Å². The summed E-state index contributed by atoms with van der Waals surface area (Å²) in [7, 11) is 0. The predicted molar refractivity (Wildman–Crippen MR) is 67.4 cm³/mol. The molecule has 0 atom stereocenters. The summed E-state index contributed by atoms with van der Waals surface area (Å²) in [6.07, 6.45) is 3.42. The van der Waals surface area contributed by atoms with E-state index in [9.17, 15) is 0 Å². The topological polar surface area (TPSA) is 50.9 Å². The molecule has 3 N–H and O–H groups in total. The Balaban J connectivity index is 1.99. The molecule has 0 unspecified atom stereocenters. The van der Waals surface area contributed by atoms with Crippen LogP contribution in [0.5, 0.6) is 0 Å². The van der Waals surface area contributed by atoms with Gasteiger partial charge in [-0.3, -0.25) is 4.98 Å². The van der Waals surface area contributed by atoms with E-state index in [1.807, 2.05) is 30.3 Å². The van der Waals surface area contributed by atoms with E-state index in [0.717, 1.165) is 16.3 Å². The average molecular weight is 234 g/mol. The molecule has 2 aromatic rings. The maximum Gasteiger partial charge on any atom is 0.0504 e. The van der Waals surface area contributed by atoms with E-state index < -0.39 is 0 Å². The minimum absolute atomic E-state index is 0.676. The molecule has 0 saturated carbocycles. The minimum Gasteiger partial charge on any atom is -0.397 e. The molecule has 3 nitrogen and oxygen atoms in total. The molecule has 2 rings (SSSR count). The monoisotopic (exact) mass is 233 g/mol. The molecule has 1 heterocycles. The summed E-state index contributed by atoms with van der Waals surface area (Å²) < 4.78 is 0. The molecular formula is C12H12ClN3. The lowest BCUT2D eigenvalue weighted by Gasteiger charge is -2.06.